The van der Waals surface area contributed by atoms with Gasteiger partial charge in [0.25, 0.3) is 5.91 Å². The number of amides is 2. The van der Waals surface area contributed by atoms with Crippen molar-refractivity contribution in [1.82, 2.24) is 14.8 Å². The number of aromatic nitrogens is 1. The Morgan fingerprint density at radius 1 is 1.15 bits per heavy atom. The summed E-state index contributed by atoms with van der Waals surface area (Å²) in [5.41, 5.74) is 1.85. The van der Waals surface area contributed by atoms with Crippen LogP contribution in [0.25, 0.3) is 11.1 Å². The first-order chi connectivity index (χ1) is 16.5. The van der Waals surface area contributed by atoms with Crippen molar-refractivity contribution in [3.8, 4) is 5.75 Å². The van der Waals surface area contributed by atoms with Gasteiger partial charge >= 0.3 is 0 Å². The summed E-state index contributed by atoms with van der Waals surface area (Å²) >= 11 is 0. The van der Waals surface area contributed by atoms with E-state index in [2.05, 4.69) is 5.32 Å². The van der Waals surface area contributed by atoms with Crippen LogP contribution in [0.4, 0.5) is 0 Å². The maximum Gasteiger partial charge on any atom is 0.271 e. The number of rotatable bonds is 5. The molecule has 0 bridgehead atoms. The number of nitrogens with one attached hydrogen (secondary N) is 1. The Labute approximate surface area is 200 Å². The van der Waals surface area contributed by atoms with Gasteiger partial charge in [0.1, 0.15) is 17.0 Å². The Kier molecular flexibility index (Phi) is 6.11. The molecule has 0 saturated heterocycles. The van der Waals surface area contributed by atoms with E-state index in [1.807, 2.05) is 41.8 Å². The molecule has 7 heteroatoms. The molecule has 2 amide bonds. The summed E-state index contributed by atoms with van der Waals surface area (Å²) in [4.78, 5) is 29.5. The zero-order valence-corrected chi connectivity index (χ0v) is 20.0. The number of methoxy groups -OCH3 is 1. The number of nitrogens with zero attached hydrogens (tertiary/aromatic N) is 2. The van der Waals surface area contributed by atoms with Gasteiger partial charge < -0.3 is 23.9 Å². The number of benzene rings is 1. The molecule has 1 aliphatic carbocycles. The standard InChI is InChI=1S/C27H33N3O4/c1-27(26(32)28-20-11-6-4-3-5-7-12-20)18-29-21-14-15-34-24(21)16-22(29)25(31)30(27)17-19-10-8-9-13-23(19)33-2/h8-10,13-16,20H,3-7,11-12,17-18H2,1-2H3,(H,28,32)/t27-/m1/s1. The number of furan rings is 1. The third kappa shape index (κ3) is 3.97. The predicted octanol–water partition coefficient (Wildman–Crippen LogP) is 4.89. The van der Waals surface area contributed by atoms with E-state index < -0.39 is 5.54 Å². The molecule has 1 saturated carbocycles. The fourth-order valence-corrected chi connectivity index (χ4v) is 5.47. The van der Waals surface area contributed by atoms with Crippen LogP contribution in [-0.2, 0) is 17.9 Å². The highest BCUT2D eigenvalue weighted by molar-refractivity contribution is 6.02. The molecular formula is C27H33N3O4. The molecule has 2 aromatic heterocycles. The highest BCUT2D eigenvalue weighted by Gasteiger charge is 2.48. The van der Waals surface area contributed by atoms with Crippen LogP contribution < -0.4 is 10.1 Å². The van der Waals surface area contributed by atoms with Gasteiger partial charge in [-0.1, -0.05) is 50.3 Å². The molecule has 1 fully saturated rings. The highest BCUT2D eigenvalue weighted by atomic mass is 16.5. The lowest BCUT2D eigenvalue weighted by atomic mass is 9.91. The van der Waals surface area contributed by atoms with Crippen molar-refractivity contribution in [2.75, 3.05) is 7.11 Å². The molecule has 3 aromatic rings. The summed E-state index contributed by atoms with van der Waals surface area (Å²) in [6, 6.07) is 11.4. The number of para-hydroxylation sites is 1. The quantitative estimate of drug-likeness (QED) is 0.585. The molecule has 34 heavy (non-hydrogen) atoms. The Morgan fingerprint density at radius 3 is 2.65 bits per heavy atom. The number of ether oxygens (including phenoxy) is 1. The second-order valence-corrected chi connectivity index (χ2v) is 9.78. The fraction of sp³-hybridized carbons (Fsp3) is 0.481. The molecule has 180 valence electrons. The Bertz CT molecular complexity index is 1190. The molecule has 7 nitrogen and oxygen atoms in total. The molecule has 1 N–H and O–H groups in total. The van der Waals surface area contributed by atoms with Gasteiger partial charge in [0.2, 0.25) is 5.91 Å². The molecule has 1 aromatic carbocycles. The van der Waals surface area contributed by atoms with E-state index in [0.29, 0.717) is 23.6 Å². The van der Waals surface area contributed by atoms with Crippen LogP contribution >= 0.6 is 0 Å². The van der Waals surface area contributed by atoms with Gasteiger partial charge in [-0.15, -0.1) is 0 Å². The smallest absolute Gasteiger partial charge is 0.271 e. The van der Waals surface area contributed by atoms with Gasteiger partial charge in [0.15, 0.2) is 5.58 Å². The van der Waals surface area contributed by atoms with Crippen molar-refractivity contribution >= 4 is 22.9 Å². The fourth-order valence-electron chi connectivity index (χ4n) is 5.47. The summed E-state index contributed by atoms with van der Waals surface area (Å²) in [5, 5.41) is 3.33. The number of carbonyl (C=O) groups is 2. The van der Waals surface area contributed by atoms with Crippen molar-refractivity contribution in [3.63, 3.8) is 0 Å². The summed E-state index contributed by atoms with van der Waals surface area (Å²) in [5.74, 6) is 0.420. The van der Waals surface area contributed by atoms with Gasteiger partial charge in [0, 0.05) is 23.7 Å². The number of carbonyl (C=O) groups excluding carboxylic acids is 2. The molecule has 0 unspecified atom stereocenters. The highest BCUT2D eigenvalue weighted by Crippen LogP contribution is 2.35. The van der Waals surface area contributed by atoms with Gasteiger partial charge in [0.05, 0.1) is 32.0 Å². The van der Waals surface area contributed by atoms with Crippen molar-refractivity contribution in [3.05, 3.63) is 53.9 Å². The maximum atomic E-state index is 13.9. The summed E-state index contributed by atoms with van der Waals surface area (Å²) < 4.78 is 13.0. The zero-order chi connectivity index (χ0) is 23.7. The van der Waals surface area contributed by atoms with Crippen LogP contribution in [0, 0.1) is 0 Å². The number of hydrogen-bond acceptors (Lipinski definition) is 4. The minimum Gasteiger partial charge on any atom is -0.496 e. The van der Waals surface area contributed by atoms with E-state index in [0.717, 1.165) is 36.8 Å². The van der Waals surface area contributed by atoms with Gasteiger partial charge in [-0.05, 0) is 25.8 Å². The third-order valence-electron chi connectivity index (χ3n) is 7.50. The first-order valence-electron chi connectivity index (χ1n) is 12.3. The lowest BCUT2D eigenvalue weighted by Crippen LogP contribution is -2.64. The molecule has 0 radical (unpaired) electrons. The Balaban J connectivity index is 1.51. The minimum absolute atomic E-state index is 0.0997. The molecular weight excluding hydrogens is 430 g/mol. The predicted molar refractivity (Wildman–Crippen MR) is 130 cm³/mol. The van der Waals surface area contributed by atoms with Crippen LogP contribution in [0.5, 0.6) is 5.75 Å². The molecule has 1 atom stereocenters. The van der Waals surface area contributed by atoms with E-state index in [1.165, 1.54) is 19.3 Å². The topological polar surface area (TPSA) is 76.7 Å². The summed E-state index contributed by atoms with van der Waals surface area (Å²) in [7, 11) is 1.62. The first-order valence-corrected chi connectivity index (χ1v) is 12.3. The maximum absolute atomic E-state index is 13.9. The van der Waals surface area contributed by atoms with Crippen LogP contribution in [0.3, 0.4) is 0 Å². The zero-order valence-electron chi connectivity index (χ0n) is 20.0. The van der Waals surface area contributed by atoms with Gasteiger partial charge in [-0.3, -0.25) is 9.59 Å². The number of fused-ring (bicyclic) bond motifs is 3. The average molecular weight is 464 g/mol. The van der Waals surface area contributed by atoms with Gasteiger partial charge in [-0.2, -0.15) is 0 Å². The van der Waals surface area contributed by atoms with Crippen molar-refractivity contribution in [2.45, 2.75) is 76.5 Å². The van der Waals surface area contributed by atoms with E-state index >= 15 is 0 Å². The summed E-state index contributed by atoms with van der Waals surface area (Å²) in [6.07, 6.45) is 9.56. The Hall–Kier alpha value is -3.22. The molecule has 2 aliphatic rings. The van der Waals surface area contributed by atoms with E-state index in [4.69, 9.17) is 9.15 Å². The van der Waals surface area contributed by atoms with E-state index in [9.17, 15) is 9.59 Å². The van der Waals surface area contributed by atoms with E-state index in [1.54, 1.807) is 24.3 Å². The van der Waals surface area contributed by atoms with E-state index in [-0.39, 0.29) is 24.4 Å². The molecule has 1 aliphatic heterocycles. The lowest BCUT2D eigenvalue weighted by Gasteiger charge is -2.44. The van der Waals surface area contributed by atoms with Crippen LogP contribution in [0.1, 0.15) is 67.9 Å². The second kappa shape index (κ2) is 9.20. The number of hydrogen-bond donors (Lipinski definition) is 1. The molecule has 3 heterocycles. The van der Waals surface area contributed by atoms with Crippen LogP contribution in [-0.4, -0.2) is 40.0 Å². The minimum atomic E-state index is -1.06. The SMILES string of the molecule is COc1ccccc1CN1C(=O)c2cc3occc3n2C[C@]1(C)C(=O)NC1CCCCCCC1. The van der Waals surface area contributed by atoms with Crippen molar-refractivity contribution in [1.29, 1.82) is 0 Å². The normalized spacial score (nSPS) is 21.7. The largest absolute Gasteiger partial charge is 0.496 e. The molecule has 5 rings (SSSR count). The average Bonchev–Trinajstić information content (AvgIpc) is 3.41. The van der Waals surface area contributed by atoms with Crippen molar-refractivity contribution < 1.29 is 18.7 Å². The first kappa shape index (κ1) is 22.6. The second-order valence-electron chi connectivity index (χ2n) is 9.78. The molecule has 0 spiro atoms. The lowest BCUT2D eigenvalue weighted by molar-refractivity contribution is -0.134. The Morgan fingerprint density at radius 2 is 1.88 bits per heavy atom. The summed E-state index contributed by atoms with van der Waals surface area (Å²) in [6.45, 7) is 2.53. The monoisotopic (exact) mass is 463 g/mol. The van der Waals surface area contributed by atoms with Crippen LogP contribution in [0.15, 0.2) is 47.1 Å². The third-order valence-corrected chi connectivity index (χ3v) is 7.50. The van der Waals surface area contributed by atoms with Crippen molar-refractivity contribution in [2.24, 2.45) is 0 Å². The van der Waals surface area contributed by atoms with Gasteiger partial charge in [-0.25, -0.2) is 0 Å². The van der Waals surface area contributed by atoms with Crippen LogP contribution in [0.2, 0.25) is 0 Å².